The van der Waals surface area contributed by atoms with Crippen LogP contribution in [0, 0.1) is 6.92 Å². The molecule has 0 aliphatic heterocycles. The molecule has 1 aromatic heterocycles. The predicted molar refractivity (Wildman–Crippen MR) is 106 cm³/mol. The molecule has 1 atom stereocenters. The summed E-state index contributed by atoms with van der Waals surface area (Å²) in [5.41, 5.74) is 8.62. The Morgan fingerprint density at radius 2 is 1.96 bits per heavy atom. The molecule has 0 amide bonds. The third kappa shape index (κ3) is 4.36. The molecular weight excluding hydrogens is 395 g/mol. The molecule has 3 N–H and O–H groups in total. The van der Waals surface area contributed by atoms with E-state index in [1.807, 2.05) is 31.2 Å². The highest BCUT2D eigenvalue weighted by atomic mass is 35.5. The Kier molecular flexibility index (Phi) is 5.65. The van der Waals surface area contributed by atoms with Crippen LogP contribution in [-0.4, -0.2) is 28.6 Å². The highest BCUT2D eigenvalue weighted by Gasteiger charge is 2.43. The number of rotatable bonds is 5. The van der Waals surface area contributed by atoms with Crippen LogP contribution < -0.4 is 5.73 Å². The highest BCUT2D eigenvalue weighted by Crippen LogP contribution is 2.40. The van der Waals surface area contributed by atoms with E-state index < -0.39 is 12.2 Å². The Morgan fingerprint density at radius 3 is 2.63 bits per heavy atom. The number of alkyl halides is 3. The van der Waals surface area contributed by atoms with Crippen molar-refractivity contribution >= 4 is 40.1 Å². The van der Waals surface area contributed by atoms with Gasteiger partial charge < -0.3 is 10.7 Å². The summed E-state index contributed by atoms with van der Waals surface area (Å²) in [6, 6.07) is 9.00. The Bertz CT molecular complexity index is 932. The van der Waals surface area contributed by atoms with Gasteiger partial charge in [0.15, 0.2) is 0 Å². The number of fused-ring (bicyclic) bond motifs is 1. The Labute approximate surface area is 164 Å². The van der Waals surface area contributed by atoms with Crippen LogP contribution in [0.5, 0.6) is 0 Å². The van der Waals surface area contributed by atoms with Crippen LogP contribution in [0.4, 0.5) is 18.9 Å². The lowest BCUT2D eigenvalue weighted by Crippen LogP contribution is -2.41. The van der Waals surface area contributed by atoms with Gasteiger partial charge in [-0.25, -0.2) is 4.31 Å². The normalized spacial score (nSPS) is 13.4. The van der Waals surface area contributed by atoms with Gasteiger partial charge in [-0.1, -0.05) is 29.8 Å². The topological polar surface area (TPSA) is 45.0 Å². The number of nitrogens with two attached hydrogens (primary N) is 1. The summed E-state index contributed by atoms with van der Waals surface area (Å²) < 4.78 is 42.6. The average molecular weight is 414 g/mol. The van der Waals surface area contributed by atoms with Crippen LogP contribution in [0.1, 0.15) is 11.1 Å². The number of nitrogens with zero attached hydrogens (tertiary/aromatic N) is 1. The molecule has 1 heterocycles. The summed E-state index contributed by atoms with van der Waals surface area (Å²) in [4.78, 5) is 3.45. The molecule has 3 rings (SSSR count). The van der Waals surface area contributed by atoms with E-state index in [9.17, 15) is 13.2 Å². The van der Waals surface area contributed by atoms with Crippen LogP contribution in [0.3, 0.4) is 0 Å². The zero-order chi connectivity index (χ0) is 19.8. The molecule has 0 fully saturated rings. The average Bonchev–Trinajstić information content (AvgIpc) is 2.98. The molecule has 3 aromatic rings. The first-order valence-electron chi connectivity index (χ1n) is 8.25. The molecule has 0 bridgehead atoms. The zero-order valence-corrected chi connectivity index (χ0v) is 16.3. The van der Waals surface area contributed by atoms with E-state index in [0.29, 0.717) is 21.2 Å². The second-order valence-corrected chi connectivity index (χ2v) is 8.00. The van der Waals surface area contributed by atoms with Gasteiger partial charge in [-0.3, -0.25) is 0 Å². The molecule has 0 spiro atoms. The van der Waals surface area contributed by atoms with Gasteiger partial charge in [0.05, 0.1) is 9.92 Å². The summed E-state index contributed by atoms with van der Waals surface area (Å²) >= 11 is 7.12. The molecule has 0 radical (unpaired) electrons. The number of hydrogen-bond donors (Lipinski definition) is 2. The summed E-state index contributed by atoms with van der Waals surface area (Å²) in [6.07, 6.45) is -2.96. The minimum absolute atomic E-state index is 0.180. The highest BCUT2D eigenvalue weighted by molar-refractivity contribution is 7.97. The molecule has 27 heavy (non-hydrogen) atoms. The fourth-order valence-electron chi connectivity index (χ4n) is 3.02. The van der Waals surface area contributed by atoms with Gasteiger partial charge in [0.25, 0.3) is 0 Å². The number of halogens is 4. The molecule has 3 nitrogen and oxygen atoms in total. The fraction of sp³-hybridized carbons (Fsp3) is 0.263. The number of aromatic amines is 1. The predicted octanol–water partition coefficient (Wildman–Crippen LogP) is 5.82. The molecule has 0 aliphatic carbocycles. The first kappa shape index (κ1) is 19.9. The van der Waals surface area contributed by atoms with Gasteiger partial charge in [0.1, 0.15) is 6.04 Å². The first-order chi connectivity index (χ1) is 12.7. The van der Waals surface area contributed by atoms with Crippen molar-refractivity contribution in [2.75, 3.05) is 12.8 Å². The Morgan fingerprint density at radius 1 is 1.26 bits per heavy atom. The van der Waals surface area contributed by atoms with Gasteiger partial charge >= 0.3 is 6.18 Å². The quantitative estimate of drug-likeness (QED) is 0.409. The van der Waals surface area contributed by atoms with E-state index in [0.717, 1.165) is 28.4 Å². The van der Waals surface area contributed by atoms with Crippen molar-refractivity contribution < 1.29 is 13.2 Å². The van der Waals surface area contributed by atoms with E-state index in [1.54, 1.807) is 18.3 Å². The van der Waals surface area contributed by atoms with Gasteiger partial charge in [0, 0.05) is 22.8 Å². The number of likely N-dealkylation sites (N-methyl/N-ethyl adjacent to an activating group) is 1. The smallest absolute Gasteiger partial charge is 0.398 e. The number of hydrogen-bond acceptors (Lipinski definition) is 3. The monoisotopic (exact) mass is 413 g/mol. The van der Waals surface area contributed by atoms with Crippen molar-refractivity contribution in [2.24, 2.45) is 0 Å². The molecule has 8 heteroatoms. The van der Waals surface area contributed by atoms with E-state index in [-0.39, 0.29) is 6.42 Å². The van der Waals surface area contributed by atoms with E-state index in [2.05, 4.69) is 4.98 Å². The lowest BCUT2D eigenvalue weighted by Gasteiger charge is -2.29. The van der Waals surface area contributed by atoms with Crippen LogP contribution in [-0.2, 0) is 6.42 Å². The Balaban J connectivity index is 1.89. The maximum absolute atomic E-state index is 13.8. The summed E-state index contributed by atoms with van der Waals surface area (Å²) in [5.74, 6) is 0. The third-order valence-electron chi connectivity index (χ3n) is 4.36. The van der Waals surface area contributed by atoms with Crippen molar-refractivity contribution in [3.05, 3.63) is 58.7 Å². The SMILES string of the molecule is Cc1cc(N)c(SN(C)C(Cc2c[nH]c3ccccc23)C(F)(F)F)c(Cl)c1. The van der Waals surface area contributed by atoms with Gasteiger partial charge in [0.2, 0.25) is 0 Å². The number of aryl methyl sites for hydroxylation is 1. The molecule has 0 saturated carbocycles. The molecule has 2 aromatic carbocycles. The van der Waals surface area contributed by atoms with Crippen molar-refractivity contribution in [1.29, 1.82) is 0 Å². The zero-order valence-electron chi connectivity index (χ0n) is 14.8. The maximum Gasteiger partial charge on any atom is 0.405 e. The van der Waals surface area contributed by atoms with E-state index >= 15 is 0 Å². The second-order valence-electron chi connectivity index (χ2n) is 6.42. The number of aromatic nitrogens is 1. The van der Waals surface area contributed by atoms with Crippen molar-refractivity contribution in [3.63, 3.8) is 0 Å². The molecular formula is C19H19ClF3N3S. The van der Waals surface area contributed by atoms with Crippen LogP contribution >= 0.6 is 23.5 Å². The number of nitrogen functional groups attached to an aromatic ring is 1. The largest absolute Gasteiger partial charge is 0.405 e. The van der Waals surface area contributed by atoms with Crippen LogP contribution in [0.15, 0.2) is 47.5 Å². The van der Waals surface area contributed by atoms with Crippen LogP contribution in [0.2, 0.25) is 5.02 Å². The van der Waals surface area contributed by atoms with Gasteiger partial charge in [-0.2, -0.15) is 13.2 Å². The minimum atomic E-state index is -4.41. The lowest BCUT2D eigenvalue weighted by atomic mass is 10.0. The first-order valence-corrected chi connectivity index (χ1v) is 9.40. The number of nitrogens with one attached hydrogen (secondary N) is 1. The standard InChI is InChI=1S/C19H19ClF3N3S/c1-11-7-14(20)18(15(24)8-11)27-26(2)17(19(21,22)23)9-12-10-25-16-6-4-3-5-13(12)16/h3-8,10,17,25H,9,24H2,1-2H3. The molecule has 0 saturated heterocycles. The number of H-pyrrole nitrogens is 1. The number of anilines is 1. The molecule has 1 unspecified atom stereocenters. The lowest BCUT2D eigenvalue weighted by molar-refractivity contribution is -0.167. The van der Waals surface area contributed by atoms with Gasteiger partial charge in [-0.15, -0.1) is 0 Å². The summed E-state index contributed by atoms with van der Waals surface area (Å²) in [5, 5.41) is 1.13. The number of para-hydroxylation sites is 1. The summed E-state index contributed by atoms with van der Waals surface area (Å²) in [6.45, 7) is 1.83. The van der Waals surface area contributed by atoms with E-state index in [4.69, 9.17) is 17.3 Å². The van der Waals surface area contributed by atoms with Crippen molar-refractivity contribution in [3.8, 4) is 0 Å². The number of benzene rings is 2. The van der Waals surface area contributed by atoms with Gasteiger partial charge in [-0.05, 0) is 61.7 Å². The molecule has 144 valence electrons. The third-order valence-corrected chi connectivity index (χ3v) is 5.95. The van der Waals surface area contributed by atoms with Crippen molar-refractivity contribution in [2.45, 2.75) is 30.5 Å². The van der Waals surface area contributed by atoms with Crippen molar-refractivity contribution in [1.82, 2.24) is 9.29 Å². The van der Waals surface area contributed by atoms with E-state index in [1.165, 1.54) is 11.4 Å². The fourth-order valence-corrected chi connectivity index (χ4v) is 4.32. The maximum atomic E-state index is 13.8. The second kappa shape index (κ2) is 7.66. The Hall–Kier alpha value is -1.83. The van der Waals surface area contributed by atoms with Crippen LogP contribution in [0.25, 0.3) is 10.9 Å². The summed E-state index contributed by atoms with van der Waals surface area (Å²) in [7, 11) is 1.41. The molecule has 0 aliphatic rings. The minimum Gasteiger partial charge on any atom is -0.398 e.